The number of tetrazole rings is 1. The van der Waals surface area contributed by atoms with Gasteiger partial charge in [-0.25, -0.2) is 4.98 Å². The molecular formula is C23H33N7O2. The summed E-state index contributed by atoms with van der Waals surface area (Å²) in [5, 5.41) is 16.8. The number of methoxy groups -OCH3 is 1. The third-order valence-electron chi connectivity index (χ3n) is 6.42. The lowest BCUT2D eigenvalue weighted by molar-refractivity contribution is 0.129. The predicted octanol–water partition coefficient (Wildman–Crippen LogP) is 3.10. The third kappa shape index (κ3) is 4.54. The Balaban J connectivity index is 1.72. The number of imidazole rings is 1. The van der Waals surface area contributed by atoms with Crippen LogP contribution in [0.2, 0.25) is 0 Å². The van der Waals surface area contributed by atoms with Crippen molar-refractivity contribution in [2.45, 2.75) is 58.2 Å². The topological polar surface area (TPSA) is 91.9 Å². The Morgan fingerprint density at radius 3 is 2.97 bits per heavy atom. The van der Waals surface area contributed by atoms with E-state index in [0.717, 1.165) is 68.4 Å². The SMILES string of the molecule is CCCn1cncc1CNC(C)(c1nnnn1-c1ccccc1OC)C1CCCOCC1. The predicted molar refractivity (Wildman–Crippen MR) is 121 cm³/mol. The summed E-state index contributed by atoms with van der Waals surface area (Å²) in [4.78, 5) is 4.36. The number of rotatable bonds is 9. The maximum atomic E-state index is 5.77. The van der Waals surface area contributed by atoms with Gasteiger partial charge in [-0.05, 0) is 61.1 Å². The molecule has 0 spiro atoms. The van der Waals surface area contributed by atoms with Crippen molar-refractivity contribution in [1.82, 2.24) is 35.1 Å². The zero-order chi connectivity index (χ0) is 22.4. The molecule has 2 aromatic heterocycles. The molecule has 3 aromatic rings. The molecule has 1 aliphatic rings. The minimum Gasteiger partial charge on any atom is -0.494 e. The Bertz CT molecular complexity index is 994. The number of benzene rings is 1. The van der Waals surface area contributed by atoms with E-state index in [1.807, 2.05) is 36.8 Å². The molecule has 4 rings (SSSR count). The lowest BCUT2D eigenvalue weighted by Gasteiger charge is -2.37. The Labute approximate surface area is 189 Å². The molecule has 1 aromatic carbocycles. The number of aryl methyl sites for hydroxylation is 1. The van der Waals surface area contributed by atoms with Gasteiger partial charge in [-0.3, -0.25) is 5.32 Å². The zero-order valence-electron chi connectivity index (χ0n) is 19.2. The van der Waals surface area contributed by atoms with Gasteiger partial charge in [0.05, 0.1) is 24.7 Å². The summed E-state index contributed by atoms with van der Waals surface area (Å²) < 4.78 is 15.4. The second kappa shape index (κ2) is 10.2. The van der Waals surface area contributed by atoms with Gasteiger partial charge in [0.2, 0.25) is 0 Å². The van der Waals surface area contributed by atoms with Gasteiger partial charge in [-0.1, -0.05) is 19.1 Å². The van der Waals surface area contributed by atoms with Crippen LogP contribution in [0.1, 0.15) is 51.0 Å². The number of nitrogens with one attached hydrogen (secondary N) is 1. The van der Waals surface area contributed by atoms with Crippen molar-refractivity contribution in [3.05, 3.63) is 48.3 Å². The minimum absolute atomic E-state index is 0.312. The largest absolute Gasteiger partial charge is 0.494 e. The first-order chi connectivity index (χ1) is 15.7. The van der Waals surface area contributed by atoms with E-state index in [2.05, 4.69) is 44.2 Å². The summed E-state index contributed by atoms with van der Waals surface area (Å²) in [6.07, 6.45) is 7.89. The highest BCUT2D eigenvalue weighted by molar-refractivity contribution is 5.46. The van der Waals surface area contributed by atoms with Crippen molar-refractivity contribution in [3.63, 3.8) is 0 Å². The van der Waals surface area contributed by atoms with Crippen LogP contribution in [-0.2, 0) is 23.4 Å². The molecule has 2 atom stereocenters. The summed E-state index contributed by atoms with van der Waals surface area (Å²) in [6, 6.07) is 7.82. The first-order valence-electron chi connectivity index (χ1n) is 11.4. The van der Waals surface area contributed by atoms with Crippen LogP contribution in [0.15, 0.2) is 36.8 Å². The summed E-state index contributed by atoms with van der Waals surface area (Å²) in [7, 11) is 1.66. The lowest BCUT2D eigenvalue weighted by Crippen LogP contribution is -2.48. The number of nitrogens with zero attached hydrogens (tertiary/aromatic N) is 6. The molecule has 9 heteroatoms. The van der Waals surface area contributed by atoms with Crippen LogP contribution in [0.5, 0.6) is 5.75 Å². The van der Waals surface area contributed by atoms with E-state index in [1.54, 1.807) is 11.8 Å². The second-order valence-electron chi connectivity index (χ2n) is 8.46. The molecule has 1 N–H and O–H groups in total. The van der Waals surface area contributed by atoms with Crippen LogP contribution < -0.4 is 10.1 Å². The molecule has 1 aliphatic heterocycles. The monoisotopic (exact) mass is 439 g/mol. The Morgan fingerprint density at radius 1 is 1.25 bits per heavy atom. The molecule has 172 valence electrons. The van der Waals surface area contributed by atoms with Crippen molar-refractivity contribution in [3.8, 4) is 11.4 Å². The molecule has 3 heterocycles. The molecule has 0 aliphatic carbocycles. The fraction of sp³-hybridized carbons (Fsp3) is 0.565. The fourth-order valence-electron chi connectivity index (χ4n) is 4.58. The molecule has 2 unspecified atom stereocenters. The number of ether oxygens (including phenoxy) is 2. The van der Waals surface area contributed by atoms with E-state index in [4.69, 9.17) is 9.47 Å². The lowest BCUT2D eigenvalue weighted by atomic mass is 9.79. The smallest absolute Gasteiger partial charge is 0.176 e. The number of hydrogen-bond donors (Lipinski definition) is 1. The zero-order valence-corrected chi connectivity index (χ0v) is 19.2. The van der Waals surface area contributed by atoms with Crippen LogP contribution in [0.3, 0.4) is 0 Å². The summed E-state index contributed by atoms with van der Waals surface area (Å²) in [6.45, 7) is 7.55. The first-order valence-corrected chi connectivity index (χ1v) is 11.4. The summed E-state index contributed by atoms with van der Waals surface area (Å²) in [5.41, 5.74) is 1.50. The first kappa shape index (κ1) is 22.4. The van der Waals surface area contributed by atoms with Crippen LogP contribution in [-0.4, -0.2) is 50.1 Å². The van der Waals surface area contributed by atoms with Gasteiger partial charge in [-0.15, -0.1) is 5.10 Å². The Kier molecular flexibility index (Phi) is 7.16. The highest BCUT2D eigenvalue weighted by Gasteiger charge is 2.41. The van der Waals surface area contributed by atoms with Gasteiger partial charge in [0.25, 0.3) is 0 Å². The van der Waals surface area contributed by atoms with Crippen molar-refractivity contribution in [2.24, 2.45) is 5.92 Å². The van der Waals surface area contributed by atoms with Gasteiger partial charge in [0.15, 0.2) is 5.82 Å². The quantitative estimate of drug-likeness (QED) is 0.548. The van der Waals surface area contributed by atoms with E-state index in [1.165, 1.54) is 0 Å². The third-order valence-corrected chi connectivity index (χ3v) is 6.42. The standard InChI is InChI=1S/C23H33N7O2/c1-4-12-29-17-24-15-19(29)16-25-23(2,18-8-7-13-32-14-11-18)22-26-27-28-30(22)20-9-5-6-10-21(20)31-3/h5-6,9-10,15,17-18,25H,4,7-8,11-14,16H2,1-3H3. The summed E-state index contributed by atoms with van der Waals surface area (Å²) >= 11 is 0. The highest BCUT2D eigenvalue weighted by atomic mass is 16.5. The van der Waals surface area contributed by atoms with Crippen LogP contribution in [0, 0.1) is 5.92 Å². The van der Waals surface area contributed by atoms with Crippen molar-refractivity contribution in [2.75, 3.05) is 20.3 Å². The maximum Gasteiger partial charge on any atom is 0.176 e. The molecule has 0 radical (unpaired) electrons. The molecular weight excluding hydrogens is 406 g/mol. The van der Waals surface area contributed by atoms with Gasteiger partial charge in [0, 0.05) is 32.5 Å². The second-order valence-corrected chi connectivity index (χ2v) is 8.46. The number of hydrogen-bond acceptors (Lipinski definition) is 7. The molecule has 0 amide bonds. The molecule has 1 fully saturated rings. The average molecular weight is 440 g/mol. The van der Waals surface area contributed by atoms with Crippen molar-refractivity contribution >= 4 is 0 Å². The van der Waals surface area contributed by atoms with Gasteiger partial charge >= 0.3 is 0 Å². The van der Waals surface area contributed by atoms with Gasteiger partial charge in [-0.2, -0.15) is 4.68 Å². The molecule has 9 nitrogen and oxygen atoms in total. The number of aromatic nitrogens is 6. The summed E-state index contributed by atoms with van der Waals surface area (Å²) in [5.74, 6) is 1.82. The van der Waals surface area contributed by atoms with E-state index in [-0.39, 0.29) is 0 Å². The highest BCUT2D eigenvalue weighted by Crippen LogP contribution is 2.37. The minimum atomic E-state index is -0.473. The molecule has 0 bridgehead atoms. The van der Waals surface area contributed by atoms with Gasteiger partial charge in [0.1, 0.15) is 11.4 Å². The van der Waals surface area contributed by atoms with Gasteiger partial charge < -0.3 is 14.0 Å². The van der Waals surface area contributed by atoms with Crippen LogP contribution >= 0.6 is 0 Å². The maximum absolute atomic E-state index is 5.77. The van der Waals surface area contributed by atoms with E-state index < -0.39 is 5.54 Å². The van der Waals surface area contributed by atoms with E-state index in [0.29, 0.717) is 12.5 Å². The molecule has 1 saturated heterocycles. The van der Waals surface area contributed by atoms with Crippen LogP contribution in [0.4, 0.5) is 0 Å². The normalized spacial score (nSPS) is 18.8. The van der Waals surface area contributed by atoms with Crippen molar-refractivity contribution < 1.29 is 9.47 Å². The van der Waals surface area contributed by atoms with E-state index >= 15 is 0 Å². The van der Waals surface area contributed by atoms with Crippen molar-refractivity contribution in [1.29, 1.82) is 0 Å². The van der Waals surface area contributed by atoms with E-state index in [9.17, 15) is 0 Å². The fourth-order valence-corrected chi connectivity index (χ4v) is 4.58. The Hall–Kier alpha value is -2.78. The molecule has 0 saturated carbocycles. The Morgan fingerprint density at radius 2 is 2.12 bits per heavy atom. The average Bonchev–Trinajstić information content (AvgIpc) is 3.40. The molecule has 32 heavy (non-hydrogen) atoms. The van der Waals surface area contributed by atoms with Crippen LogP contribution in [0.25, 0.3) is 5.69 Å². The number of para-hydroxylation sites is 2.